The predicted octanol–water partition coefficient (Wildman–Crippen LogP) is 3.88. The second-order valence-corrected chi connectivity index (χ2v) is 5.85. The van der Waals surface area contributed by atoms with Gasteiger partial charge in [-0.3, -0.25) is 0 Å². The minimum atomic E-state index is -0.0685. The predicted molar refractivity (Wildman–Crippen MR) is 84.4 cm³/mol. The number of nitrogens with one attached hydrogen (secondary N) is 1. The lowest BCUT2D eigenvalue weighted by Crippen LogP contribution is -2.36. The molecule has 110 valence electrons. The number of carbonyl (C=O) groups is 1. The molecule has 0 radical (unpaired) electrons. The highest BCUT2D eigenvalue weighted by atomic mass is 35.5. The summed E-state index contributed by atoms with van der Waals surface area (Å²) in [4.78, 5) is 14.4. The SMILES string of the molecule is Cn1cccc1CN(C(=O)Nc1cccc(Cl)c1)C1CC1. The van der Waals surface area contributed by atoms with Gasteiger partial charge in [0.2, 0.25) is 0 Å². The molecule has 0 aliphatic heterocycles. The molecule has 5 heteroatoms. The maximum absolute atomic E-state index is 12.5. The minimum absolute atomic E-state index is 0.0685. The molecule has 21 heavy (non-hydrogen) atoms. The Morgan fingerprint density at radius 3 is 2.81 bits per heavy atom. The topological polar surface area (TPSA) is 37.3 Å². The minimum Gasteiger partial charge on any atom is -0.353 e. The van der Waals surface area contributed by atoms with Crippen molar-refractivity contribution in [2.75, 3.05) is 5.32 Å². The summed E-state index contributed by atoms with van der Waals surface area (Å²) in [5.74, 6) is 0. The molecular formula is C16H18ClN3O. The van der Waals surface area contributed by atoms with Gasteiger partial charge in [-0.1, -0.05) is 17.7 Å². The van der Waals surface area contributed by atoms with Gasteiger partial charge in [0, 0.05) is 35.7 Å². The number of halogens is 1. The van der Waals surface area contributed by atoms with E-state index in [2.05, 4.69) is 5.32 Å². The van der Waals surface area contributed by atoms with Crippen LogP contribution in [0.1, 0.15) is 18.5 Å². The van der Waals surface area contributed by atoms with Gasteiger partial charge in [0.05, 0.1) is 6.54 Å². The first-order valence-electron chi connectivity index (χ1n) is 7.07. The van der Waals surface area contributed by atoms with Gasteiger partial charge in [0.15, 0.2) is 0 Å². The largest absolute Gasteiger partial charge is 0.353 e. The standard InChI is InChI=1S/C16H18ClN3O/c1-19-9-3-6-15(19)11-20(14-7-8-14)16(21)18-13-5-2-4-12(17)10-13/h2-6,9-10,14H,7-8,11H2,1H3,(H,18,21). The zero-order valence-corrected chi connectivity index (χ0v) is 12.7. The maximum atomic E-state index is 12.5. The maximum Gasteiger partial charge on any atom is 0.322 e. The third kappa shape index (κ3) is 3.39. The van der Waals surface area contributed by atoms with E-state index in [0.717, 1.165) is 24.2 Å². The Kier molecular flexibility index (Phi) is 3.88. The number of carbonyl (C=O) groups excluding carboxylic acids is 1. The average Bonchev–Trinajstić information content (AvgIpc) is 3.20. The van der Waals surface area contributed by atoms with Gasteiger partial charge in [-0.05, 0) is 43.2 Å². The number of benzene rings is 1. The highest BCUT2D eigenvalue weighted by molar-refractivity contribution is 6.30. The van der Waals surface area contributed by atoms with Crippen LogP contribution in [0.25, 0.3) is 0 Å². The van der Waals surface area contributed by atoms with Crippen molar-refractivity contribution in [3.05, 3.63) is 53.3 Å². The molecule has 1 N–H and O–H groups in total. The molecule has 1 aromatic heterocycles. The van der Waals surface area contributed by atoms with Gasteiger partial charge >= 0.3 is 6.03 Å². The number of aryl methyl sites for hydroxylation is 1. The van der Waals surface area contributed by atoms with Crippen LogP contribution in [-0.2, 0) is 13.6 Å². The van der Waals surface area contributed by atoms with Crippen molar-refractivity contribution in [2.24, 2.45) is 7.05 Å². The summed E-state index contributed by atoms with van der Waals surface area (Å²) in [5.41, 5.74) is 1.85. The van der Waals surface area contributed by atoms with Crippen molar-refractivity contribution in [2.45, 2.75) is 25.4 Å². The first-order valence-corrected chi connectivity index (χ1v) is 7.44. The van der Waals surface area contributed by atoms with Crippen molar-refractivity contribution in [3.8, 4) is 0 Å². The second-order valence-electron chi connectivity index (χ2n) is 5.41. The molecule has 4 nitrogen and oxygen atoms in total. The third-order valence-electron chi connectivity index (χ3n) is 3.71. The molecule has 0 atom stereocenters. The van der Waals surface area contributed by atoms with Gasteiger partial charge in [0.1, 0.15) is 0 Å². The molecule has 1 aliphatic rings. The van der Waals surface area contributed by atoms with Crippen LogP contribution in [0.15, 0.2) is 42.6 Å². The number of aromatic nitrogens is 1. The Morgan fingerprint density at radius 1 is 1.38 bits per heavy atom. The van der Waals surface area contributed by atoms with Crippen molar-refractivity contribution >= 4 is 23.3 Å². The lowest BCUT2D eigenvalue weighted by Gasteiger charge is -2.23. The number of anilines is 1. The summed E-state index contributed by atoms with van der Waals surface area (Å²) < 4.78 is 2.04. The molecular weight excluding hydrogens is 286 g/mol. The lowest BCUT2D eigenvalue weighted by atomic mass is 10.3. The summed E-state index contributed by atoms with van der Waals surface area (Å²) in [6.07, 6.45) is 4.15. The van der Waals surface area contributed by atoms with Gasteiger partial charge in [-0.25, -0.2) is 4.79 Å². The highest BCUT2D eigenvalue weighted by Crippen LogP contribution is 2.29. The zero-order chi connectivity index (χ0) is 14.8. The Bertz CT molecular complexity index is 648. The van der Waals surface area contributed by atoms with E-state index in [4.69, 9.17) is 11.6 Å². The van der Waals surface area contributed by atoms with Crippen LogP contribution < -0.4 is 5.32 Å². The number of hydrogen-bond donors (Lipinski definition) is 1. The lowest BCUT2D eigenvalue weighted by molar-refractivity contribution is 0.205. The van der Waals surface area contributed by atoms with Crippen LogP contribution in [-0.4, -0.2) is 21.5 Å². The molecule has 0 saturated heterocycles. The second kappa shape index (κ2) is 5.82. The number of urea groups is 1. The Hall–Kier alpha value is -1.94. The fourth-order valence-corrected chi connectivity index (χ4v) is 2.54. The molecule has 0 spiro atoms. The first-order chi connectivity index (χ1) is 10.1. The monoisotopic (exact) mass is 303 g/mol. The Balaban J connectivity index is 1.72. The van der Waals surface area contributed by atoms with E-state index >= 15 is 0 Å². The Labute approximate surface area is 129 Å². The van der Waals surface area contributed by atoms with E-state index in [1.54, 1.807) is 12.1 Å². The van der Waals surface area contributed by atoms with Gasteiger partial charge in [-0.2, -0.15) is 0 Å². The van der Waals surface area contributed by atoms with Gasteiger partial charge < -0.3 is 14.8 Å². The van der Waals surface area contributed by atoms with Crippen molar-refractivity contribution in [1.29, 1.82) is 0 Å². The first kappa shape index (κ1) is 14.0. The number of hydrogen-bond acceptors (Lipinski definition) is 1. The van der Waals surface area contributed by atoms with Crippen LogP contribution in [0.5, 0.6) is 0 Å². The fraction of sp³-hybridized carbons (Fsp3) is 0.312. The third-order valence-corrected chi connectivity index (χ3v) is 3.94. The van der Waals surface area contributed by atoms with Crippen molar-refractivity contribution in [1.82, 2.24) is 9.47 Å². The molecule has 1 aliphatic carbocycles. The number of rotatable bonds is 4. The van der Waals surface area contributed by atoms with Crippen LogP contribution in [0, 0.1) is 0 Å². The van der Waals surface area contributed by atoms with Crippen LogP contribution in [0.2, 0.25) is 5.02 Å². The summed E-state index contributed by atoms with van der Waals surface area (Å²) in [5, 5.41) is 3.55. The smallest absolute Gasteiger partial charge is 0.322 e. The zero-order valence-electron chi connectivity index (χ0n) is 11.9. The molecule has 1 aromatic carbocycles. The van der Waals surface area contributed by atoms with Crippen LogP contribution >= 0.6 is 11.6 Å². The summed E-state index contributed by atoms with van der Waals surface area (Å²) in [6, 6.07) is 11.5. The van der Waals surface area contributed by atoms with Gasteiger partial charge in [-0.15, -0.1) is 0 Å². The molecule has 2 aromatic rings. The van der Waals surface area contributed by atoms with Crippen LogP contribution in [0.4, 0.5) is 10.5 Å². The molecule has 3 rings (SSSR count). The molecule has 1 heterocycles. The molecule has 0 unspecified atom stereocenters. The molecule has 1 saturated carbocycles. The van der Waals surface area contributed by atoms with E-state index < -0.39 is 0 Å². The quantitative estimate of drug-likeness (QED) is 0.914. The number of amides is 2. The van der Waals surface area contributed by atoms with Crippen molar-refractivity contribution < 1.29 is 4.79 Å². The molecule has 1 fully saturated rings. The summed E-state index contributed by atoms with van der Waals surface area (Å²) in [6.45, 7) is 0.626. The van der Waals surface area contributed by atoms with Crippen LogP contribution in [0.3, 0.4) is 0 Å². The molecule has 2 amide bonds. The molecule has 0 bridgehead atoms. The van der Waals surface area contributed by atoms with E-state index in [1.807, 2.05) is 47.0 Å². The summed E-state index contributed by atoms with van der Waals surface area (Å²) >= 11 is 5.95. The van der Waals surface area contributed by atoms with Gasteiger partial charge in [0.25, 0.3) is 0 Å². The average molecular weight is 304 g/mol. The Morgan fingerprint density at radius 2 is 2.19 bits per heavy atom. The van der Waals surface area contributed by atoms with E-state index in [-0.39, 0.29) is 6.03 Å². The van der Waals surface area contributed by atoms with E-state index in [0.29, 0.717) is 17.6 Å². The number of nitrogens with zero attached hydrogens (tertiary/aromatic N) is 2. The fourth-order valence-electron chi connectivity index (χ4n) is 2.35. The van der Waals surface area contributed by atoms with E-state index in [1.165, 1.54) is 0 Å². The highest BCUT2D eigenvalue weighted by Gasteiger charge is 2.33. The van der Waals surface area contributed by atoms with E-state index in [9.17, 15) is 4.79 Å². The summed E-state index contributed by atoms with van der Waals surface area (Å²) in [7, 11) is 2.00. The normalized spacial score (nSPS) is 14.0. The van der Waals surface area contributed by atoms with Crippen molar-refractivity contribution in [3.63, 3.8) is 0 Å².